The van der Waals surface area contributed by atoms with Gasteiger partial charge in [-0.25, -0.2) is 0 Å². The summed E-state index contributed by atoms with van der Waals surface area (Å²) in [5, 5.41) is 4.75. The Balaban J connectivity index is 1.87. The van der Waals surface area contributed by atoms with Crippen molar-refractivity contribution in [1.82, 2.24) is 15.0 Å². The van der Waals surface area contributed by atoms with Crippen LogP contribution in [0.3, 0.4) is 0 Å². The van der Waals surface area contributed by atoms with Crippen molar-refractivity contribution in [2.75, 3.05) is 7.05 Å². The predicted molar refractivity (Wildman–Crippen MR) is 79.5 cm³/mol. The monoisotopic (exact) mass is 293 g/mol. The highest BCUT2D eigenvalue weighted by molar-refractivity contribution is 6.30. The summed E-state index contributed by atoms with van der Waals surface area (Å²) in [4.78, 5) is 6.53. The summed E-state index contributed by atoms with van der Waals surface area (Å²) >= 11 is 5.98. The molecule has 108 valence electrons. The van der Waals surface area contributed by atoms with E-state index >= 15 is 0 Å². The van der Waals surface area contributed by atoms with E-state index in [0.717, 1.165) is 36.7 Å². The largest absolute Gasteiger partial charge is 0.338 e. The fourth-order valence-corrected chi connectivity index (χ4v) is 2.24. The van der Waals surface area contributed by atoms with Crippen molar-refractivity contribution in [1.29, 1.82) is 0 Å². The van der Waals surface area contributed by atoms with Crippen LogP contribution in [0.15, 0.2) is 28.8 Å². The molecule has 1 heterocycles. The van der Waals surface area contributed by atoms with E-state index in [9.17, 15) is 0 Å². The highest BCUT2D eigenvalue weighted by Gasteiger charge is 2.09. The lowest BCUT2D eigenvalue weighted by Gasteiger charge is -2.14. The van der Waals surface area contributed by atoms with E-state index in [4.69, 9.17) is 16.1 Å². The molecule has 0 saturated heterocycles. The van der Waals surface area contributed by atoms with Crippen LogP contribution < -0.4 is 0 Å². The quantitative estimate of drug-likeness (QED) is 0.780. The number of unbranched alkanes of at least 4 members (excludes halogenated alkanes) is 1. The summed E-state index contributed by atoms with van der Waals surface area (Å²) in [5.41, 5.74) is 1.17. The van der Waals surface area contributed by atoms with E-state index in [-0.39, 0.29) is 0 Å². The molecule has 2 rings (SSSR count). The van der Waals surface area contributed by atoms with Gasteiger partial charge in [-0.2, -0.15) is 4.98 Å². The molecule has 0 radical (unpaired) electrons. The molecule has 0 bridgehead atoms. The number of nitrogens with zero attached hydrogens (tertiary/aromatic N) is 3. The van der Waals surface area contributed by atoms with E-state index in [0.29, 0.717) is 12.4 Å². The predicted octanol–water partition coefficient (Wildman–Crippen LogP) is 3.70. The number of aryl methyl sites for hydroxylation is 1. The maximum Gasteiger partial charge on any atom is 0.240 e. The number of hydrogen-bond acceptors (Lipinski definition) is 4. The van der Waals surface area contributed by atoms with Crippen LogP contribution in [0.25, 0.3) is 0 Å². The molecule has 1 aromatic carbocycles. The third-order valence-corrected chi connectivity index (χ3v) is 3.25. The van der Waals surface area contributed by atoms with Crippen LogP contribution in [0.5, 0.6) is 0 Å². The van der Waals surface area contributed by atoms with Crippen molar-refractivity contribution in [3.8, 4) is 0 Å². The van der Waals surface area contributed by atoms with Crippen molar-refractivity contribution in [3.63, 3.8) is 0 Å². The van der Waals surface area contributed by atoms with Crippen LogP contribution in [0, 0.1) is 0 Å². The molecule has 4 nitrogen and oxygen atoms in total. The number of rotatable bonds is 7. The Morgan fingerprint density at radius 2 is 2.15 bits per heavy atom. The SMILES string of the molecule is CCCCc1noc(CN(C)Cc2cccc(Cl)c2)n1. The highest BCUT2D eigenvalue weighted by atomic mass is 35.5. The van der Waals surface area contributed by atoms with Gasteiger partial charge < -0.3 is 4.52 Å². The van der Waals surface area contributed by atoms with Crippen molar-refractivity contribution in [2.24, 2.45) is 0 Å². The molecule has 0 aliphatic rings. The molecule has 0 aliphatic heterocycles. The van der Waals surface area contributed by atoms with E-state index in [1.807, 2.05) is 25.2 Å². The lowest BCUT2D eigenvalue weighted by molar-refractivity contribution is 0.260. The van der Waals surface area contributed by atoms with Gasteiger partial charge in [0.1, 0.15) is 0 Å². The number of benzene rings is 1. The Morgan fingerprint density at radius 3 is 2.90 bits per heavy atom. The average Bonchev–Trinajstić information content (AvgIpc) is 2.83. The van der Waals surface area contributed by atoms with Crippen LogP contribution in [-0.4, -0.2) is 22.1 Å². The molecule has 0 unspecified atom stereocenters. The minimum absolute atomic E-state index is 0.644. The van der Waals surface area contributed by atoms with Gasteiger partial charge in [-0.1, -0.05) is 42.2 Å². The Hall–Kier alpha value is -1.39. The lowest BCUT2D eigenvalue weighted by Crippen LogP contribution is -2.17. The molecule has 0 spiro atoms. The van der Waals surface area contributed by atoms with Crippen LogP contribution >= 0.6 is 11.6 Å². The standard InChI is InChI=1S/C15H20ClN3O/c1-3-4-8-14-17-15(20-18-14)11-19(2)10-12-6-5-7-13(16)9-12/h5-7,9H,3-4,8,10-11H2,1-2H3. The van der Waals surface area contributed by atoms with Gasteiger partial charge in [0.05, 0.1) is 6.54 Å². The Morgan fingerprint density at radius 1 is 1.30 bits per heavy atom. The zero-order chi connectivity index (χ0) is 14.4. The zero-order valence-electron chi connectivity index (χ0n) is 12.0. The first-order chi connectivity index (χ1) is 9.67. The molecular weight excluding hydrogens is 274 g/mol. The zero-order valence-corrected chi connectivity index (χ0v) is 12.7. The van der Waals surface area contributed by atoms with Gasteiger partial charge in [0.15, 0.2) is 5.82 Å². The van der Waals surface area contributed by atoms with Crippen molar-refractivity contribution < 1.29 is 4.52 Å². The molecule has 2 aromatic rings. The molecule has 5 heteroatoms. The van der Waals surface area contributed by atoms with Gasteiger partial charge in [0.2, 0.25) is 5.89 Å². The van der Waals surface area contributed by atoms with E-state index in [1.165, 1.54) is 5.56 Å². The second-order valence-corrected chi connectivity index (χ2v) is 5.45. The second-order valence-electron chi connectivity index (χ2n) is 5.01. The van der Waals surface area contributed by atoms with Crippen molar-refractivity contribution >= 4 is 11.6 Å². The number of halogens is 1. The molecule has 0 fully saturated rings. The van der Waals surface area contributed by atoms with Crippen LogP contribution in [0.4, 0.5) is 0 Å². The molecule has 0 N–H and O–H groups in total. The summed E-state index contributed by atoms with van der Waals surface area (Å²) < 4.78 is 5.26. The molecule has 0 amide bonds. The molecule has 0 aliphatic carbocycles. The molecule has 0 atom stereocenters. The van der Waals surface area contributed by atoms with E-state index in [1.54, 1.807) is 0 Å². The second kappa shape index (κ2) is 7.41. The van der Waals surface area contributed by atoms with E-state index < -0.39 is 0 Å². The van der Waals surface area contributed by atoms with Crippen molar-refractivity contribution in [2.45, 2.75) is 39.3 Å². The van der Waals surface area contributed by atoms with Gasteiger partial charge >= 0.3 is 0 Å². The maximum absolute atomic E-state index is 5.98. The Kier molecular flexibility index (Phi) is 5.56. The van der Waals surface area contributed by atoms with Crippen molar-refractivity contribution in [3.05, 3.63) is 46.6 Å². The van der Waals surface area contributed by atoms with Crippen LogP contribution in [-0.2, 0) is 19.5 Å². The van der Waals surface area contributed by atoms with E-state index in [2.05, 4.69) is 28.0 Å². The minimum Gasteiger partial charge on any atom is -0.338 e. The first kappa shape index (κ1) is 15.0. The number of hydrogen-bond donors (Lipinski definition) is 0. The minimum atomic E-state index is 0.644. The topological polar surface area (TPSA) is 42.2 Å². The Labute approximate surface area is 124 Å². The summed E-state index contributed by atoms with van der Waals surface area (Å²) in [6.45, 7) is 3.60. The summed E-state index contributed by atoms with van der Waals surface area (Å²) in [6, 6.07) is 7.87. The van der Waals surface area contributed by atoms with Gasteiger partial charge in [-0.15, -0.1) is 0 Å². The summed E-state index contributed by atoms with van der Waals surface area (Å²) in [6.07, 6.45) is 3.12. The molecule has 1 aromatic heterocycles. The smallest absolute Gasteiger partial charge is 0.240 e. The van der Waals surface area contributed by atoms with Gasteiger partial charge in [0.25, 0.3) is 0 Å². The Bertz CT molecular complexity index is 541. The fraction of sp³-hybridized carbons (Fsp3) is 0.467. The van der Waals surface area contributed by atoms with Gasteiger partial charge in [-0.05, 0) is 31.2 Å². The average molecular weight is 294 g/mol. The highest BCUT2D eigenvalue weighted by Crippen LogP contribution is 2.13. The summed E-state index contributed by atoms with van der Waals surface area (Å²) in [7, 11) is 2.02. The first-order valence-corrected chi connectivity index (χ1v) is 7.29. The fourth-order valence-electron chi connectivity index (χ4n) is 2.02. The lowest BCUT2D eigenvalue weighted by atomic mass is 10.2. The van der Waals surface area contributed by atoms with Gasteiger partial charge in [0, 0.05) is 18.0 Å². The summed E-state index contributed by atoms with van der Waals surface area (Å²) in [5.74, 6) is 1.47. The van der Waals surface area contributed by atoms with Crippen LogP contribution in [0.2, 0.25) is 5.02 Å². The van der Waals surface area contributed by atoms with Crippen LogP contribution in [0.1, 0.15) is 37.0 Å². The molecule has 0 saturated carbocycles. The molecule has 20 heavy (non-hydrogen) atoms. The normalized spacial score (nSPS) is 11.2. The number of aromatic nitrogens is 2. The van der Waals surface area contributed by atoms with Gasteiger partial charge in [-0.3, -0.25) is 4.90 Å². The maximum atomic E-state index is 5.98. The third kappa shape index (κ3) is 4.62. The first-order valence-electron chi connectivity index (χ1n) is 6.92. The third-order valence-electron chi connectivity index (χ3n) is 3.01. The molecular formula is C15H20ClN3O.